The van der Waals surface area contributed by atoms with Crippen LogP contribution < -0.4 is 10.6 Å². The lowest BCUT2D eigenvalue weighted by atomic mass is 10.1. The van der Waals surface area contributed by atoms with Crippen molar-refractivity contribution >= 4 is 11.8 Å². The number of rotatable bonds is 6. The third kappa shape index (κ3) is 5.47. The molecule has 0 aliphatic rings. The molecule has 0 saturated heterocycles. The van der Waals surface area contributed by atoms with Crippen molar-refractivity contribution in [2.45, 2.75) is 19.5 Å². The van der Waals surface area contributed by atoms with E-state index in [-0.39, 0.29) is 30.0 Å². The molecule has 5 nitrogen and oxygen atoms in total. The molecule has 3 N–H and O–H groups in total. The normalized spacial score (nSPS) is 11.1. The third-order valence-corrected chi connectivity index (χ3v) is 3.88. The second-order valence-corrected chi connectivity index (χ2v) is 5.79. The number of benzene rings is 2. The predicted octanol–water partition coefficient (Wildman–Crippen LogP) is 3.13. The summed E-state index contributed by atoms with van der Waals surface area (Å²) in [5.74, 6) is -1.17. The molecule has 8 heteroatoms. The molecule has 0 aromatic heterocycles. The number of phenolic OH excluding ortho intramolecular Hbond substituents is 1. The predicted molar refractivity (Wildman–Crippen MR) is 93.6 cm³/mol. The van der Waals surface area contributed by atoms with Crippen LogP contribution in [-0.2, 0) is 12.6 Å². The molecule has 0 radical (unpaired) electrons. The molecule has 27 heavy (non-hydrogen) atoms. The van der Waals surface area contributed by atoms with E-state index in [2.05, 4.69) is 10.6 Å². The fourth-order valence-electron chi connectivity index (χ4n) is 2.34. The van der Waals surface area contributed by atoms with E-state index in [0.29, 0.717) is 6.42 Å². The smallest absolute Gasteiger partial charge is 0.416 e. The molecule has 0 heterocycles. The number of phenols is 1. The molecule has 0 aliphatic carbocycles. The molecule has 2 rings (SSSR count). The summed E-state index contributed by atoms with van der Waals surface area (Å²) in [4.78, 5) is 24.0. The van der Waals surface area contributed by atoms with Crippen LogP contribution in [0.5, 0.6) is 5.75 Å². The van der Waals surface area contributed by atoms with Crippen molar-refractivity contribution in [1.82, 2.24) is 10.6 Å². The quantitative estimate of drug-likeness (QED) is 0.674. The summed E-state index contributed by atoms with van der Waals surface area (Å²) in [6.07, 6.45) is -3.75. The van der Waals surface area contributed by atoms with Gasteiger partial charge in [-0.05, 0) is 48.4 Å². The summed E-state index contributed by atoms with van der Waals surface area (Å²) < 4.78 is 37.5. The van der Waals surface area contributed by atoms with Crippen LogP contribution >= 0.6 is 0 Å². The molecule has 0 unspecified atom stereocenters. The number of amides is 2. The summed E-state index contributed by atoms with van der Waals surface area (Å²) in [7, 11) is 0. The van der Waals surface area contributed by atoms with E-state index < -0.39 is 23.6 Å². The van der Waals surface area contributed by atoms with E-state index in [1.807, 2.05) is 6.92 Å². The number of alkyl halides is 3. The molecule has 2 aromatic rings. The minimum atomic E-state index is -4.46. The van der Waals surface area contributed by atoms with Crippen molar-refractivity contribution in [3.8, 4) is 5.75 Å². The molecule has 0 bridgehead atoms. The third-order valence-electron chi connectivity index (χ3n) is 3.88. The fraction of sp³-hybridized carbons (Fsp3) is 0.263. The van der Waals surface area contributed by atoms with E-state index in [1.165, 1.54) is 6.07 Å². The van der Waals surface area contributed by atoms with E-state index in [9.17, 15) is 27.9 Å². The van der Waals surface area contributed by atoms with Gasteiger partial charge in [0, 0.05) is 18.7 Å². The molecule has 0 saturated carbocycles. The van der Waals surface area contributed by atoms with Crippen LogP contribution in [0.4, 0.5) is 13.2 Å². The zero-order valence-corrected chi connectivity index (χ0v) is 14.6. The van der Waals surface area contributed by atoms with Crippen LogP contribution in [-0.4, -0.2) is 30.0 Å². The Morgan fingerprint density at radius 2 is 1.56 bits per heavy atom. The number of hydrogen-bond acceptors (Lipinski definition) is 3. The molecular weight excluding hydrogens is 361 g/mol. The lowest BCUT2D eigenvalue weighted by Crippen LogP contribution is -2.34. The first-order valence-corrected chi connectivity index (χ1v) is 8.28. The maximum Gasteiger partial charge on any atom is 0.416 e. The van der Waals surface area contributed by atoms with Crippen LogP contribution in [0.15, 0.2) is 42.5 Å². The number of carbonyl (C=O) groups excluding carboxylic acids is 2. The highest BCUT2D eigenvalue weighted by molar-refractivity contribution is 5.97. The van der Waals surface area contributed by atoms with Crippen molar-refractivity contribution in [3.05, 3.63) is 64.7 Å². The summed E-state index contributed by atoms with van der Waals surface area (Å²) in [6.45, 7) is 2.10. The minimum absolute atomic E-state index is 0.0832. The maximum atomic E-state index is 12.5. The van der Waals surface area contributed by atoms with Crippen molar-refractivity contribution in [1.29, 1.82) is 0 Å². The zero-order chi connectivity index (χ0) is 20.0. The molecule has 0 fully saturated rings. The molecule has 2 amide bonds. The number of aryl methyl sites for hydroxylation is 1. The Morgan fingerprint density at radius 3 is 2.11 bits per heavy atom. The van der Waals surface area contributed by atoms with Gasteiger partial charge in [0.1, 0.15) is 5.75 Å². The largest absolute Gasteiger partial charge is 0.507 e. The highest BCUT2D eigenvalue weighted by Crippen LogP contribution is 2.29. The van der Waals surface area contributed by atoms with E-state index in [1.54, 1.807) is 12.1 Å². The molecule has 0 spiro atoms. The lowest BCUT2D eigenvalue weighted by Gasteiger charge is -2.10. The van der Waals surface area contributed by atoms with Gasteiger partial charge in [-0.3, -0.25) is 9.59 Å². The van der Waals surface area contributed by atoms with Crippen LogP contribution in [0.2, 0.25) is 0 Å². The first-order valence-electron chi connectivity index (χ1n) is 8.28. The van der Waals surface area contributed by atoms with Crippen LogP contribution in [0.25, 0.3) is 0 Å². The molecule has 2 aromatic carbocycles. The second kappa shape index (κ2) is 8.57. The van der Waals surface area contributed by atoms with Gasteiger partial charge in [0.2, 0.25) is 0 Å². The second-order valence-electron chi connectivity index (χ2n) is 5.79. The van der Waals surface area contributed by atoms with Gasteiger partial charge in [0.05, 0.1) is 11.1 Å². The highest BCUT2D eigenvalue weighted by Gasteiger charge is 2.30. The van der Waals surface area contributed by atoms with E-state index in [0.717, 1.165) is 29.8 Å². The summed E-state index contributed by atoms with van der Waals surface area (Å²) in [5.41, 5.74) is 0.292. The average molecular weight is 380 g/mol. The zero-order valence-electron chi connectivity index (χ0n) is 14.6. The topological polar surface area (TPSA) is 78.4 Å². The summed E-state index contributed by atoms with van der Waals surface area (Å²) >= 11 is 0. The van der Waals surface area contributed by atoms with Gasteiger partial charge in [0.15, 0.2) is 0 Å². The Bertz CT molecular complexity index is 818. The Kier molecular flexibility index (Phi) is 6.44. The number of aromatic hydroxyl groups is 1. The first-order chi connectivity index (χ1) is 12.7. The van der Waals surface area contributed by atoms with Gasteiger partial charge in [-0.25, -0.2) is 0 Å². The Morgan fingerprint density at radius 1 is 0.963 bits per heavy atom. The Hall–Kier alpha value is -3.03. The standard InChI is InChI=1S/C19H19F3N2O3/c1-2-12-3-8-16(25)15(11-12)18(27)24-10-9-23-17(26)13-4-6-14(7-5-13)19(20,21)22/h3-8,11,25H,2,9-10H2,1H3,(H,23,26)(H,24,27). The SMILES string of the molecule is CCc1ccc(O)c(C(=O)NCCNC(=O)c2ccc(C(F)(F)F)cc2)c1. The Balaban J connectivity index is 1.84. The van der Waals surface area contributed by atoms with Gasteiger partial charge >= 0.3 is 6.18 Å². The molecule has 0 aliphatic heterocycles. The van der Waals surface area contributed by atoms with Crippen molar-refractivity contribution in [2.24, 2.45) is 0 Å². The average Bonchev–Trinajstić information content (AvgIpc) is 2.64. The maximum absolute atomic E-state index is 12.5. The van der Waals surface area contributed by atoms with Crippen molar-refractivity contribution in [2.75, 3.05) is 13.1 Å². The van der Waals surface area contributed by atoms with Crippen LogP contribution in [0.3, 0.4) is 0 Å². The van der Waals surface area contributed by atoms with Crippen LogP contribution in [0.1, 0.15) is 38.8 Å². The van der Waals surface area contributed by atoms with E-state index in [4.69, 9.17) is 0 Å². The van der Waals surface area contributed by atoms with Crippen LogP contribution in [0, 0.1) is 0 Å². The van der Waals surface area contributed by atoms with E-state index >= 15 is 0 Å². The van der Waals surface area contributed by atoms with Gasteiger partial charge < -0.3 is 15.7 Å². The number of hydrogen-bond donors (Lipinski definition) is 3. The molecule has 144 valence electrons. The molecular formula is C19H19F3N2O3. The number of carbonyl (C=O) groups is 2. The van der Waals surface area contributed by atoms with Gasteiger partial charge in [-0.1, -0.05) is 13.0 Å². The fourth-order valence-corrected chi connectivity index (χ4v) is 2.34. The monoisotopic (exact) mass is 380 g/mol. The highest BCUT2D eigenvalue weighted by atomic mass is 19.4. The Labute approximate surface area is 154 Å². The molecule has 0 atom stereocenters. The lowest BCUT2D eigenvalue weighted by molar-refractivity contribution is -0.137. The minimum Gasteiger partial charge on any atom is -0.507 e. The summed E-state index contributed by atoms with van der Waals surface area (Å²) in [6, 6.07) is 8.60. The number of nitrogens with one attached hydrogen (secondary N) is 2. The summed E-state index contributed by atoms with van der Waals surface area (Å²) in [5, 5.41) is 14.8. The van der Waals surface area contributed by atoms with Gasteiger partial charge in [-0.2, -0.15) is 13.2 Å². The first kappa shape index (κ1) is 20.3. The van der Waals surface area contributed by atoms with Gasteiger partial charge in [0.25, 0.3) is 11.8 Å². The van der Waals surface area contributed by atoms with Crippen molar-refractivity contribution < 1.29 is 27.9 Å². The number of halogens is 3. The van der Waals surface area contributed by atoms with Gasteiger partial charge in [-0.15, -0.1) is 0 Å². The van der Waals surface area contributed by atoms with Crippen molar-refractivity contribution in [3.63, 3.8) is 0 Å².